The van der Waals surface area contributed by atoms with Gasteiger partial charge in [-0.15, -0.1) is 0 Å². The summed E-state index contributed by atoms with van der Waals surface area (Å²) in [4.78, 5) is 12.8. The Labute approximate surface area is 180 Å². The number of ether oxygens (including phenoxy) is 4. The second-order valence-corrected chi connectivity index (χ2v) is 6.69. The Morgan fingerprint density at radius 1 is 0.833 bits per heavy atom. The molecule has 3 rings (SSSR count). The maximum absolute atomic E-state index is 12.8. The summed E-state index contributed by atoms with van der Waals surface area (Å²) >= 11 is 6.12. The molecule has 0 spiro atoms. The molecule has 1 N–H and O–H groups in total. The molecule has 3 aromatic carbocycles. The number of rotatable bonds is 8. The van der Waals surface area contributed by atoms with Crippen molar-refractivity contribution < 1.29 is 23.7 Å². The number of methoxy groups -OCH3 is 3. The Kier molecular flexibility index (Phi) is 7.03. The summed E-state index contributed by atoms with van der Waals surface area (Å²) in [5.41, 5.74) is 1.87. The van der Waals surface area contributed by atoms with Crippen LogP contribution in [0.15, 0.2) is 60.7 Å². The predicted octanol–water partition coefficient (Wildman–Crippen LogP) is 5.20. The SMILES string of the molecule is COc1cc(NC(=O)c2ccc(OCc3ccccc3)c(OC)c2)c(OC)cc1Cl. The van der Waals surface area contributed by atoms with E-state index >= 15 is 0 Å². The predicted molar refractivity (Wildman–Crippen MR) is 116 cm³/mol. The first-order valence-electron chi connectivity index (χ1n) is 9.13. The smallest absolute Gasteiger partial charge is 0.255 e. The van der Waals surface area contributed by atoms with Crippen molar-refractivity contribution in [2.75, 3.05) is 26.6 Å². The molecule has 0 aliphatic carbocycles. The van der Waals surface area contributed by atoms with Gasteiger partial charge in [-0.1, -0.05) is 41.9 Å². The number of carbonyl (C=O) groups excluding carboxylic acids is 1. The van der Waals surface area contributed by atoms with Crippen molar-refractivity contribution in [3.8, 4) is 23.0 Å². The zero-order chi connectivity index (χ0) is 21.5. The third-order valence-electron chi connectivity index (χ3n) is 4.39. The van der Waals surface area contributed by atoms with E-state index in [9.17, 15) is 4.79 Å². The lowest BCUT2D eigenvalue weighted by atomic mass is 10.1. The highest BCUT2D eigenvalue weighted by Crippen LogP contribution is 2.36. The van der Waals surface area contributed by atoms with Crippen LogP contribution >= 0.6 is 11.6 Å². The molecule has 1 amide bonds. The van der Waals surface area contributed by atoms with Crippen molar-refractivity contribution in [2.24, 2.45) is 0 Å². The average Bonchev–Trinajstić information content (AvgIpc) is 2.78. The maximum Gasteiger partial charge on any atom is 0.255 e. The van der Waals surface area contributed by atoms with Crippen molar-refractivity contribution in [1.82, 2.24) is 0 Å². The van der Waals surface area contributed by atoms with Gasteiger partial charge >= 0.3 is 0 Å². The Hall–Kier alpha value is -3.38. The fraction of sp³-hybridized carbons (Fsp3) is 0.174. The molecule has 0 aliphatic heterocycles. The van der Waals surface area contributed by atoms with E-state index in [0.29, 0.717) is 45.9 Å². The van der Waals surface area contributed by atoms with Crippen LogP contribution in [0, 0.1) is 0 Å². The van der Waals surface area contributed by atoms with Gasteiger partial charge in [0, 0.05) is 17.7 Å². The van der Waals surface area contributed by atoms with Gasteiger partial charge in [-0.2, -0.15) is 0 Å². The van der Waals surface area contributed by atoms with Crippen molar-refractivity contribution >= 4 is 23.2 Å². The molecule has 0 saturated heterocycles. The highest BCUT2D eigenvalue weighted by molar-refractivity contribution is 6.32. The Balaban J connectivity index is 1.78. The quantitative estimate of drug-likeness (QED) is 0.535. The van der Waals surface area contributed by atoms with Crippen LogP contribution in [-0.2, 0) is 6.61 Å². The van der Waals surface area contributed by atoms with Crippen LogP contribution in [0.25, 0.3) is 0 Å². The molecule has 0 saturated carbocycles. The van der Waals surface area contributed by atoms with E-state index < -0.39 is 0 Å². The average molecular weight is 428 g/mol. The number of nitrogens with one attached hydrogen (secondary N) is 1. The highest BCUT2D eigenvalue weighted by Gasteiger charge is 2.16. The molecule has 156 valence electrons. The summed E-state index contributed by atoms with van der Waals surface area (Å²) in [6.45, 7) is 0.393. The molecule has 0 fully saturated rings. The summed E-state index contributed by atoms with van der Waals surface area (Å²) in [5, 5.41) is 3.19. The van der Waals surface area contributed by atoms with Crippen LogP contribution in [0.2, 0.25) is 5.02 Å². The number of benzene rings is 3. The van der Waals surface area contributed by atoms with Gasteiger partial charge in [0.2, 0.25) is 0 Å². The molecule has 0 heterocycles. The van der Waals surface area contributed by atoms with Gasteiger partial charge < -0.3 is 24.3 Å². The second kappa shape index (κ2) is 9.89. The molecule has 0 aromatic heterocycles. The lowest BCUT2D eigenvalue weighted by Gasteiger charge is -2.15. The molecule has 6 nitrogen and oxygen atoms in total. The van der Waals surface area contributed by atoms with Gasteiger partial charge in [0.1, 0.15) is 18.1 Å². The van der Waals surface area contributed by atoms with Gasteiger partial charge in [-0.3, -0.25) is 4.79 Å². The third kappa shape index (κ3) is 4.96. The maximum atomic E-state index is 12.8. The molecule has 0 radical (unpaired) electrons. The number of hydrogen-bond donors (Lipinski definition) is 1. The molecule has 0 aliphatic rings. The van der Waals surface area contributed by atoms with Crippen LogP contribution in [0.4, 0.5) is 5.69 Å². The first-order chi connectivity index (χ1) is 14.5. The number of hydrogen-bond acceptors (Lipinski definition) is 5. The molecule has 3 aromatic rings. The zero-order valence-corrected chi connectivity index (χ0v) is 17.7. The molecule has 0 bridgehead atoms. The summed E-state index contributed by atoms with van der Waals surface area (Å²) in [5.74, 6) is 1.51. The van der Waals surface area contributed by atoms with Gasteiger partial charge in [0.25, 0.3) is 5.91 Å². The number of anilines is 1. The van der Waals surface area contributed by atoms with Crippen LogP contribution in [0.1, 0.15) is 15.9 Å². The molecule has 0 atom stereocenters. The van der Waals surface area contributed by atoms with Crippen LogP contribution in [0.3, 0.4) is 0 Å². The fourth-order valence-corrected chi connectivity index (χ4v) is 3.05. The summed E-state index contributed by atoms with van der Waals surface area (Å²) in [6, 6.07) is 18.0. The second-order valence-electron chi connectivity index (χ2n) is 6.28. The topological polar surface area (TPSA) is 66.0 Å². The van der Waals surface area contributed by atoms with Gasteiger partial charge in [0.15, 0.2) is 11.5 Å². The van der Waals surface area contributed by atoms with Crippen molar-refractivity contribution in [1.29, 1.82) is 0 Å². The van der Waals surface area contributed by atoms with E-state index in [4.69, 9.17) is 30.5 Å². The highest BCUT2D eigenvalue weighted by atomic mass is 35.5. The fourth-order valence-electron chi connectivity index (χ4n) is 2.82. The van der Waals surface area contributed by atoms with E-state index in [1.807, 2.05) is 30.3 Å². The molecule has 30 heavy (non-hydrogen) atoms. The Morgan fingerprint density at radius 3 is 2.20 bits per heavy atom. The minimum atomic E-state index is -0.342. The molecular formula is C23H22ClNO5. The minimum absolute atomic E-state index is 0.342. The van der Waals surface area contributed by atoms with Crippen LogP contribution in [-0.4, -0.2) is 27.2 Å². The standard InChI is InChI=1S/C23H22ClNO5/c1-27-20-13-18(21(28-2)12-17(20)24)25-23(26)16-9-10-19(22(11-16)29-3)30-14-15-7-5-4-6-8-15/h4-13H,14H2,1-3H3,(H,25,26). The third-order valence-corrected chi connectivity index (χ3v) is 4.68. The van der Waals surface area contributed by atoms with Gasteiger partial charge in [-0.05, 0) is 23.8 Å². The molecular weight excluding hydrogens is 406 g/mol. The lowest BCUT2D eigenvalue weighted by molar-refractivity contribution is 0.102. The van der Waals surface area contributed by atoms with E-state index in [-0.39, 0.29) is 5.91 Å². The summed E-state index contributed by atoms with van der Waals surface area (Å²) in [7, 11) is 4.52. The summed E-state index contributed by atoms with van der Waals surface area (Å²) < 4.78 is 21.8. The number of halogens is 1. The largest absolute Gasteiger partial charge is 0.495 e. The Morgan fingerprint density at radius 2 is 1.53 bits per heavy atom. The van der Waals surface area contributed by atoms with E-state index in [0.717, 1.165) is 5.56 Å². The molecule has 0 unspecified atom stereocenters. The normalized spacial score (nSPS) is 10.3. The minimum Gasteiger partial charge on any atom is -0.495 e. The van der Waals surface area contributed by atoms with E-state index in [2.05, 4.69) is 5.32 Å². The number of carbonyl (C=O) groups is 1. The van der Waals surface area contributed by atoms with Crippen LogP contribution < -0.4 is 24.3 Å². The first-order valence-corrected chi connectivity index (χ1v) is 9.51. The number of amides is 1. The zero-order valence-electron chi connectivity index (χ0n) is 16.9. The van der Waals surface area contributed by atoms with Crippen LogP contribution in [0.5, 0.6) is 23.0 Å². The van der Waals surface area contributed by atoms with E-state index in [1.54, 1.807) is 30.3 Å². The van der Waals surface area contributed by atoms with Gasteiger partial charge in [-0.25, -0.2) is 0 Å². The van der Waals surface area contributed by atoms with Gasteiger partial charge in [0.05, 0.1) is 32.0 Å². The Bertz CT molecular complexity index is 1020. The lowest BCUT2D eigenvalue weighted by Crippen LogP contribution is -2.13. The monoisotopic (exact) mass is 427 g/mol. The van der Waals surface area contributed by atoms with Crippen molar-refractivity contribution in [3.05, 3.63) is 76.8 Å². The van der Waals surface area contributed by atoms with Crippen molar-refractivity contribution in [2.45, 2.75) is 6.61 Å². The molecule has 7 heteroatoms. The summed E-state index contributed by atoms with van der Waals surface area (Å²) in [6.07, 6.45) is 0. The van der Waals surface area contributed by atoms with E-state index in [1.165, 1.54) is 21.3 Å². The first kappa shape index (κ1) is 21.3. The van der Waals surface area contributed by atoms with Crippen molar-refractivity contribution in [3.63, 3.8) is 0 Å².